The van der Waals surface area contributed by atoms with Crippen molar-refractivity contribution in [2.45, 2.75) is 72.1 Å². The summed E-state index contributed by atoms with van der Waals surface area (Å²) in [5.41, 5.74) is 4.67. The fourth-order valence-corrected chi connectivity index (χ4v) is 7.80. The van der Waals surface area contributed by atoms with Crippen molar-refractivity contribution >= 4 is 44.7 Å². The highest BCUT2D eigenvalue weighted by Crippen LogP contribution is 2.62. The molecule has 2 unspecified atom stereocenters. The lowest BCUT2D eigenvalue weighted by Gasteiger charge is -2.21. The molecule has 1 N–H and O–H groups in total. The lowest BCUT2D eigenvalue weighted by Crippen LogP contribution is -2.32. The molecule has 6 rings (SSSR count). The molecule has 2 atom stereocenters. The fourth-order valence-electron chi connectivity index (χ4n) is 5.89. The van der Waals surface area contributed by atoms with Crippen LogP contribution in [0.5, 0.6) is 0 Å². The van der Waals surface area contributed by atoms with Gasteiger partial charge in [0.1, 0.15) is 0 Å². The topological polar surface area (TPSA) is 29.1 Å². The highest BCUT2D eigenvalue weighted by Gasteiger charge is 2.60. The summed E-state index contributed by atoms with van der Waals surface area (Å²) in [7, 11) is 0. The molecule has 1 aromatic carbocycles. The van der Waals surface area contributed by atoms with E-state index in [2.05, 4.69) is 99.0 Å². The molecular weight excluding hydrogens is 515 g/mol. The Balaban J connectivity index is 0.000000405. The summed E-state index contributed by atoms with van der Waals surface area (Å²) in [5.74, 6) is 1.52. The van der Waals surface area contributed by atoms with Crippen LogP contribution < -0.4 is 5.32 Å². The van der Waals surface area contributed by atoms with Crippen LogP contribution >= 0.6 is 23.1 Å². The van der Waals surface area contributed by atoms with Crippen molar-refractivity contribution in [3.8, 4) is 0 Å². The van der Waals surface area contributed by atoms with Gasteiger partial charge < -0.3 is 5.32 Å². The predicted octanol–water partition coefficient (Wildman–Crippen LogP) is 10.4. The molecule has 0 radical (unpaired) electrons. The minimum Gasteiger partial charge on any atom is -0.329 e. The highest BCUT2D eigenvalue weighted by atomic mass is 32.2. The van der Waals surface area contributed by atoms with Crippen LogP contribution in [0.3, 0.4) is 0 Å². The van der Waals surface area contributed by atoms with E-state index in [1.54, 1.807) is 0 Å². The van der Waals surface area contributed by atoms with Gasteiger partial charge in [-0.15, -0.1) is 23.1 Å². The molecule has 1 fully saturated rings. The molecule has 206 valence electrons. The third kappa shape index (κ3) is 6.28. The monoisotopic (exact) mass is 557 g/mol. The SMILES string of the molecule is C1=CCCCCC1.CCSC1=CC=C(NC(=O)C23C=CC(c4cc5ccccc5s4)=C(CC)C2C3)CC=C1C.[HH]. The number of carbonyl (C=O) groups excluding carboxylic acids is 1. The summed E-state index contributed by atoms with van der Waals surface area (Å²) in [6.07, 6.45) is 25.0. The van der Waals surface area contributed by atoms with E-state index in [-0.39, 0.29) is 12.7 Å². The number of hydrogen-bond donors (Lipinski definition) is 1. The van der Waals surface area contributed by atoms with Crippen molar-refractivity contribution in [2.75, 3.05) is 5.75 Å². The summed E-state index contributed by atoms with van der Waals surface area (Å²) in [4.78, 5) is 16.0. The van der Waals surface area contributed by atoms with Crippen LogP contribution in [0.25, 0.3) is 15.7 Å². The smallest absolute Gasteiger partial charge is 0.234 e. The number of thiophene rings is 1. The van der Waals surface area contributed by atoms with Crippen molar-refractivity contribution in [1.29, 1.82) is 0 Å². The molecule has 4 aliphatic carbocycles. The minimum atomic E-state index is -0.373. The average molecular weight is 558 g/mol. The van der Waals surface area contributed by atoms with Gasteiger partial charge in [0.05, 0.1) is 5.41 Å². The standard InChI is InChI=1S/C28H29NOS2.C7H12.H2/c1-4-21-22(26-16-19-8-6-7-9-25(19)32-26)14-15-28(17-23(21)28)27(30)29-20-11-10-18(3)24(13-12-20)31-5-2;1-2-4-6-7-5-3-1;/h6-10,12-16,23H,4-5,11,17H2,1-3H3,(H,29,30);1-2H,3-7H2;1H. The van der Waals surface area contributed by atoms with Crippen LogP contribution in [0, 0.1) is 11.3 Å². The van der Waals surface area contributed by atoms with Crippen LogP contribution in [0.4, 0.5) is 0 Å². The van der Waals surface area contributed by atoms with Gasteiger partial charge in [-0.3, -0.25) is 4.79 Å². The van der Waals surface area contributed by atoms with E-state index in [0.717, 1.165) is 30.7 Å². The Morgan fingerprint density at radius 3 is 2.67 bits per heavy atom. The fraction of sp³-hybridized carbons (Fsp3) is 0.400. The molecule has 1 saturated carbocycles. The van der Waals surface area contributed by atoms with Crippen LogP contribution in [0.15, 0.2) is 94.6 Å². The molecule has 1 aromatic heterocycles. The second-order valence-electron chi connectivity index (χ2n) is 10.9. The van der Waals surface area contributed by atoms with Crippen molar-refractivity contribution < 1.29 is 6.22 Å². The van der Waals surface area contributed by atoms with Crippen molar-refractivity contribution in [3.63, 3.8) is 0 Å². The average Bonchev–Trinajstić information content (AvgIpc) is 3.69. The number of allylic oxidation sites excluding steroid dienone is 9. The lowest BCUT2D eigenvalue weighted by atomic mass is 9.87. The molecule has 0 aliphatic heterocycles. The number of benzene rings is 1. The third-order valence-electron chi connectivity index (χ3n) is 8.25. The quantitative estimate of drug-likeness (QED) is 0.358. The predicted molar refractivity (Wildman–Crippen MR) is 174 cm³/mol. The molecule has 4 heteroatoms. The Hall–Kier alpha value is -2.56. The molecule has 0 saturated heterocycles. The molecule has 2 aromatic rings. The Bertz CT molecular complexity index is 1360. The maximum Gasteiger partial charge on any atom is 0.234 e. The Morgan fingerprint density at radius 1 is 1.13 bits per heavy atom. The number of rotatable bonds is 6. The Labute approximate surface area is 244 Å². The first-order valence-corrected chi connectivity index (χ1v) is 16.4. The second-order valence-corrected chi connectivity index (χ2v) is 13.3. The number of nitrogens with one attached hydrogen (secondary N) is 1. The summed E-state index contributed by atoms with van der Waals surface area (Å²) in [6.45, 7) is 6.55. The van der Waals surface area contributed by atoms with Crippen LogP contribution in [-0.4, -0.2) is 11.7 Å². The summed E-state index contributed by atoms with van der Waals surface area (Å²) >= 11 is 3.70. The van der Waals surface area contributed by atoms with Gasteiger partial charge >= 0.3 is 0 Å². The first-order valence-electron chi connectivity index (χ1n) is 14.6. The normalized spacial score (nSPS) is 24.0. The molecule has 1 heterocycles. The molecule has 39 heavy (non-hydrogen) atoms. The second kappa shape index (κ2) is 12.7. The molecular formula is C35H43NOS2. The summed E-state index contributed by atoms with van der Waals surface area (Å²) in [6, 6.07) is 10.9. The molecule has 4 aliphatic rings. The minimum absolute atomic E-state index is 0. The molecule has 2 nitrogen and oxygen atoms in total. The van der Waals surface area contributed by atoms with Crippen molar-refractivity contribution in [2.24, 2.45) is 11.3 Å². The van der Waals surface area contributed by atoms with Gasteiger partial charge in [0, 0.05) is 33.9 Å². The highest BCUT2D eigenvalue weighted by molar-refractivity contribution is 8.03. The van der Waals surface area contributed by atoms with Gasteiger partial charge in [0.25, 0.3) is 0 Å². The van der Waals surface area contributed by atoms with Gasteiger partial charge in [0.15, 0.2) is 0 Å². The van der Waals surface area contributed by atoms with Gasteiger partial charge in [0.2, 0.25) is 5.91 Å². The Morgan fingerprint density at radius 2 is 1.92 bits per heavy atom. The number of amides is 1. The summed E-state index contributed by atoms with van der Waals surface area (Å²) < 4.78 is 1.32. The summed E-state index contributed by atoms with van der Waals surface area (Å²) in [5, 5.41) is 4.56. The zero-order valence-electron chi connectivity index (χ0n) is 23.6. The van der Waals surface area contributed by atoms with E-state index in [1.165, 1.54) is 68.7 Å². The van der Waals surface area contributed by atoms with Gasteiger partial charge in [-0.05, 0) is 92.0 Å². The van der Waals surface area contributed by atoms with E-state index >= 15 is 0 Å². The van der Waals surface area contributed by atoms with Crippen molar-refractivity contribution in [1.82, 2.24) is 5.32 Å². The van der Waals surface area contributed by atoms with Crippen LogP contribution in [0.2, 0.25) is 0 Å². The molecule has 1 amide bonds. The van der Waals surface area contributed by atoms with E-state index in [0.29, 0.717) is 5.92 Å². The zero-order chi connectivity index (χ0) is 27.2. The van der Waals surface area contributed by atoms with Gasteiger partial charge in [-0.2, -0.15) is 0 Å². The third-order valence-corrected chi connectivity index (χ3v) is 10.5. The van der Waals surface area contributed by atoms with E-state index < -0.39 is 0 Å². The van der Waals surface area contributed by atoms with E-state index in [9.17, 15) is 4.79 Å². The first kappa shape index (κ1) is 28.0. The lowest BCUT2D eigenvalue weighted by molar-refractivity contribution is -0.124. The van der Waals surface area contributed by atoms with Crippen LogP contribution in [-0.2, 0) is 4.79 Å². The van der Waals surface area contributed by atoms with Crippen molar-refractivity contribution in [3.05, 3.63) is 99.5 Å². The number of hydrogen-bond acceptors (Lipinski definition) is 3. The van der Waals surface area contributed by atoms with Gasteiger partial charge in [-0.25, -0.2) is 0 Å². The largest absolute Gasteiger partial charge is 0.329 e. The maximum atomic E-state index is 13.4. The zero-order valence-corrected chi connectivity index (χ0v) is 25.2. The number of fused-ring (bicyclic) bond motifs is 2. The van der Waals surface area contributed by atoms with E-state index in [4.69, 9.17) is 0 Å². The number of carbonyl (C=O) groups is 1. The maximum absolute atomic E-state index is 13.4. The molecule has 0 bridgehead atoms. The van der Waals surface area contributed by atoms with Gasteiger partial charge in [-0.1, -0.05) is 74.4 Å². The van der Waals surface area contributed by atoms with E-state index in [1.807, 2.05) is 23.1 Å². The number of thioether (sulfide) groups is 1. The molecule has 0 spiro atoms. The Kier molecular flexibility index (Phi) is 9.14. The first-order chi connectivity index (χ1) is 19.1. The van der Waals surface area contributed by atoms with Crippen LogP contribution in [0.1, 0.15) is 78.4 Å².